The van der Waals surface area contributed by atoms with E-state index in [0.717, 1.165) is 5.56 Å². The largest absolute Gasteiger partial charge is 0.370 e. The molecule has 1 unspecified atom stereocenters. The lowest BCUT2D eigenvalue weighted by Gasteiger charge is -2.13. The maximum absolute atomic E-state index is 11.5. The maximum Gasteiger partial charge on any atom is 0.250 e. The van der Waals surface area contributed by atoms with Gasteiger partial charge in [-0.3, -0.25) is 4.79 Å². The van der Waals surface area contributed by atoms with Crippen molar-refractivity contribution in [1.29, 1.82) is 0 Å². The van der Waals surface area contributed by atoms with Crippen LogP contribution in [0, 0.1) is 6.92 Å². The van der Waals surface area contributed by atoms with E-state index in [0.29, 0.717) is 6.54 Å². The first-order chi connectivity index (χ1) is 7.67. The summed E-state index contributed by atoms with van der Waals surface area (Å²) in [6.07, 6.45) is -0.565. The molecule has 0 saturated carbocycles. The number of amides is 1. The molecule has 3 N–H and O–H groups in total. The SMILES string of the molecule is COC(CN)C(=O)NCc1cccc(C)c1. The molecule has 4 nitrogen and oxygen atoms in total. The number of ether oxygens (including phenoxy) is 1. The van der Waals surface area contributed by atoms with Crippen LogP contribution in [0.4, 0.5) is 0 Å². The minimum absolute atomic E-state index is 0.175. The highest BCUT2D eigenvalue weighted by Crippen LogP contribution is 2.03. The van der Waals surface area contributed by atoms with Gasteiger partial charge in [0.2, 0.25) is 0 Å². The zero-order chi connectivity index (χ0) is 12.0. The molecule has 0 aliphatic rings. The van der Waals surface area contributed by atoms with E-state index in [4.69, 9.17) is 10.5 Å². The van der Waals surface area contributed by atoms with Crippen LogP contribution in [0.25, 0.3) is 0 Å². The topological polar surface area (TPSA) is 64.3 Å². The lowest BCUT2D eigenvalue weighted by molar-refractivity contribution is -0.130. The normalized spacial score (nSPS) is 12.2. The van der Waals surface area contributed by atoms with Gasteiger partial charge < -0.3 is 15.8 Å². The molecule has 1 rings (SSSR count). The van der Waals surface area contributed by atoms with Crippen molar-refractivity contribution in [1.82, 2.24) is 5.32 Å². The molecule has 0 spiro atoms. The molecule has 0 heterocycles. The van der Waals surface area contributed by atoms with Crippen LogP contribution in [0.3, 0.4) is 0 Å². The third-order valence-corrected chi connectivity index (χ3v) is 2.34. The Kier molecular flexibility index (Phi) is 4.95. The van der Waals surface area contributed by atoms with Gasteiger partial charge in [-0.25, -0.2) is 0 Å². The van der Waals surface area contributed by atoms with Gasteiger partial charge in [-0.1, -0.05) is 29.8 Å². The summed E-state index contributed by atoms with van der Waals surface area (Å²) in [5.41, 5.74) is 7.64. The summed E-state index contributed by atoms with van der Waals surface area (Å²) in [7, 11) is 1.48. The van der Waals surface area contributed by atoms with E-state index in [9.17, 15) is 4.79 Å². The Balaban J connectivity index is 2.48. The second kappa shape index (κ2) is 6.25. The first-order valence-electron chi connectivity index (χ1n) is 5.23. The molecule has 4 heteroatoms. The number of carbonyl (C=O) groups is 1. The van der Waals surface area contributed by atoms with Crippen LogP contribution < -0.4 is 11.1 Å². The minimum Gasteiger partial charge on any atom is -0.370 e. The Hall–Kier alpha value is -1.39. The van der Waals surface area contributed by atoms with Crippen LogP contribution in [0.15, 0.2) is 24.3 Å². The van der Waals surface area contributed by atoms with Crippen molar-refractivity contribution >= 4 is 5.91 Å². The zero-order valence-corrected chi connectivity index (χ0v) is 9.69. The molecule has 0 aliphatic heterocycles. The summed E-state index contributed by atoms with van der Waals surface area (Å²) in [4.78, 5) is 11.5. The van der Waals surface area contributed by atoms with E-state index in [1.54, 1.807) is 0 Å². The smallest absolute Gasteiger partial charge is 0.250 e. The Bertz CT molecular complexity index is 349. The zero-order valence-electron chi connectivity index (χ0n) is 9.69. The first-order valence-corrected chi connectivity index (χ1v) is 5.23. The Morgan fingerprint density at radius 2 is 2.31 bits per heavy atom. The molecular formula is C12H18N2O2. The molecule has 16 heavy (non-hydrogen) atoms. The molecule has 1 aromatic rings. The van der Waals surface area contributed by atoms with Crippen LogP contribution in [-0.2, 0) is 16.1 Å². The maximum atomic E-state index is 11.5. The van der Waals surface area contributed by atoms with Crippen molar-refractivity contribution in [3.05, 3.63) is 35.4 Å². The molecule has 0 saturated heterocycles. The van der Waals surface area contributed by atoms with Crippen molar-refractivity contribution in [3.63, 3.8) is 0 Å². The van der Waals surface area contributed by atoms with Gasteiger partial charge in [-0.2, -0.15) is 0 Å². The second-order valence-electron chi connectivity index (χ2n) is 3.67. The van der Waals surface area contributed by atoms with E-state index in [2.05, 4.69) is 5.32 Å². The van der Waals surface area contributed by atoms with Crippen molar-refractivity contribution in [2.45, 2.75) is 19.6 Å². The monoisotopic (exact) mass is 222 g/mol. The van der Waals surface area contributed by atoms with E-state index >= 15 is 0 Å². The molecular weight excluding hydrogens is 204 g/mol. The fourth-order valence-corrected chi connectivity index (χ4v) is 1.44. The predicted molar refractivity (Wildman–Crippen MR) is 62.9 cm³/mol. The Morgan fingerprint density at radius 1 is 1.56 bits per heavy atom. The highest BCUT2D eigenvalue weighted by molar-refractivity contribution is 5.80. The van der Waals surface area contributed by atoms with Crippen molar-refractivity contribution in [2.24, 2.45) is 5.73 Å². The van der Waals surface area contributed by atoms with E-state index in [1.807, 2.05) is 31.2 Å². The van der Waals surface area contributed by atoms with E-state index < -0.39 is 6.10 Å². The van der Waals surface area contributed by atoms with Gasteiger partial charge in [0, 0.05) is 20.2 Å². The molecule has 0 aromatic heterocycles. The highest BCUT2D eigenvalue weighted by atomic mass is 16.5. The number of aryl methyl sites for hydroxylation is 1. The quantitative estimate of drug-likeness (QED) is 0.766. The minimum atomic E-state index is -0.565. The van der Waals surface area contributed by atoms with Crippen LogP contribution >= 0.6 is 0 Å². The number of nitrogens with one attached hydrogen (secondary N) is 1. The number of benzene rings is 1. The standard InChI is InChI=1S/C12H18N2O2/c1-9-4-3-5-10(6-9)8-14-12(15)11(7-13)16-2/h3-6,11H,7-8,13H2,1-2H3,(H,14,15). The van der Waals surface area contributed by atoms with Crippen molar-refractivity contribution < 1.29 is 9.53 Å². The van der Waals surface area contributed by atoms with Crippen molar-refractivity contribution in [3.8, 4) is 0 Å². The predicted octanol–water partition coefficient (Wildman–Crippen LogP) is 0.585. The second-order valence-corrected chi connectivity index (χ2v) is 3.67. The van der Waals surface area contributed by atoms with Gasteiger partial charge in [0.25, 0.3) is 5.91 Å². The van der Waals surface area contributed by atoms with Gasteiger partial charge in [0.1, 0.15) is 6.10 Å². The van der Waals surface area contributed by atoms with E-state index in [1.165, 1.54) is 12.7 Å². The fraction of sp³-hybridized carbons (Fsp3) is 0.417. The Labute approximate surface area is 95.8 Å². The third kappa shape index (κ3) is 3.64. The van der Waals surface area contributed by atoms with Gasteiger partial charge in [-0.05, 0) is 12.5 Å². The summed E-state index contributed by atoms with van der Waals surface area (Å²) < 4.78 is 4.94. The molecule has 0 radical (unpaired) electrons. The van der Waals surface area contributed by atoms with Crippen LogP contribution in [-0.4, -0.2) is 25.7 Å². The average Bonchev–Trinajstić information content (AvgIpc) is 2.28. The number of hydrogen-bond donors (Lipinski definition) is 2. The van der Waals surface area contributed by atoms with Gasteiger partial charge >= 0.3 is 0 Å². The lowest BCUT2D eigenvalue weighted by atomic mass is 10.1. The molecule has 0 bridgehead atoms. The molecule has 0 aliphatic carbocycles. The molecule has 1 aromatic carbocycles. The van der Waals surface area contributed by atoms with Crippen molar-refractivity contribution in [2.75, 3.05) is 13.7 Å². The number of rotatable bonds is 5. The summed E-state index contributed by atoms with van der Waals surface area (Å²) in [6.45, 7) is 2.71. The van der Waals surface area contributed by atoms with Crippen LogP contribution in [0.1, 0.15) is 11.1 Å². The van der Waals surface area contributed by atoms with Crippen LogP contribution in [0.2, 0.25) is 0 Å². The van der Waals surface area contributed by atoms with Gasteiger partial charge in [-0.15, -0.1) is 0 Å². The molecule has 0 fully saturated rings. The summed E-state index contributed by atoms with van der Waals surface area (Å²) in [5.74, 6) is -0.175. The third-order valence-electron chi connectivity index (χ3n) is 2.34. The molecule has 1 amide bonds. The summed E-state index contributed by atoms with van der Waals surface area (Å²) in [6, 6.07) is 7.98. The van der Waals surface area contributed by atoms with E-state index in [-0.39, 0.29) is 12.5 Å². The number of carbonyl (C=O) groups excluding carboxylic acids is 1. The summed E-state index contributed by atoms with van der Waals surface area (Å²) in [5, 5.41) is 2.78. The number of hydrogen-bond acceptors (Lipinski definition) is 3. The average molecular weight is 222 g/mol. The Morgan fingerprint density at radius 3 is 2.88 bits per heavy atom. The summed E-state index contributed by atoms with van der Waals surface area (Å²) >= 11 is 0. The fourth-order valence-electron chi connectivity index (χ4n) is 1.44. The first kappa shape index (κ1) is 12.7. The molecule has 1 atom stereocenters. The molecule has 88 valence electrons. The highest BCUT2D eigenvalue weighted by Gasteiger charge is 2.14. The van der Waals surface area contributed by atoms with Gasteiger partial charge in [0.05, 0.1) is 0 Å². The van der Waals surface area contributed by atoms with Gasteiger partial charge in [0.15, 0.2) is 0 Å². The lowest BCUT2D eigenvalue weighted by Crippen LogP contribution is -2.40. The number of nitrogens with two attached hydrogens (primary N) is 1. The number of methoxy groups -OCH3 is 1. The van der Waals surface area contributed by atoms with Crippen LogP contribution in [0.5, 0.6) is 0 Å².